The highest BCUT2D eigenvalue weighted by atomic mass is 28.2. The first-order chi connectivity index (χ1) is 17.6. The number of allylic oxidation sites excluding steroid dienone is 1. The Morgan fingerprint density at radius 2 is 1.44 bits per heavy atom. The Balaban J connectivity index is 1.56. The van der Waals surface area contributed by atoms with Crippen LogP contribution in [0.4, 0.5) is 0 Å². The van der Waals surface area contributed by atoms with Crippen LogP contribution in [0.3, 0.4) is 0 Å². The minimum absolute atomic E-state index is 0.104. The molecule has 0 saturated carbocycles. The second-order valence-electron chi connectivity index (χ2n) is 11.0. The first-order valence-electron chi connectivity index (χ1n) is 15.0. The Bertz CT molecular complexity index is 707. The number of rotatable bonds is 21. The molecule has 4 atom stereocenters. The number of nitrogens with zero attached hydrogens (tertiary/aromatic N) is 3. The van der Waals surface area contributed by atoms with Crippen LogP contribution >= 0.6 is 0 Å². The summed E-state index contributed by atoms with van der Waals surface area (Å²) < 4.78 is 5.87. The van der Waals surface area contributed by atoms with Crippen LogP contribution in [0.15, 0.2) is 29.3 Å². The molecule has 4 nitrogen and oxygen atoms in total. The van der Waals surface area contributed by atoms with Crippen molar-refractivity contribution in [1.82, 2.24) is 10.2 Å². The predicted octanol–water partition coefficient (Wildman–Crippen LogP) is 8.06. The van der Waals surface area contributed by atoms with E-state index >= 15 is 0 Å². The molecular formula is C31H53N3OSi. The molecule has 0 bridgehead atoms. The van der Waals surface area contributed by atoms with Crippen LogP contribution in [-0.4, -0.2) is 38.8 Å². The lowest BCUT2D eigenvalue weighted by atomic mass is 9.96. The van der Waals surface area contributed by atoms with Crippen molar-refractivity contribution in [2.45, 2.75) is 136 Å². The van der Waals surface area contributed by atoms with E-state index in [9.17, 15) is 0 Å². The molecule has 1 aliphatic heterocycles. The fraction of sp³-hybridized carbons (Fsp3) is 0.774. The van der Waals surface area contributed by atoms with Gasteiger partial charge in [0, 0.05) is 18.1 Å². The van der Waals surface area contributed by atoms with Crippen molar-refractivity contribution in [2.75, 3.05) is 6.61 Å². The molecule has 1 aromatic rings. The normalized spacial score (nSPS) is 19.0. The van der Waals surface area contributed by atoms with Gasteiger partial charge in [0.05, 0.1) is 11.6 Å². The van der Waals surface area contributed by atoms with Gasteiger partial charge in [-0.3, -0.25) is 4.99 Å². The molecular weight excluding hydrogens is 458 g/mol. The standard InChI is InChI=1S/C31H53N3OSi/c1-5-7-9-10-15-23-35-30-21-19-28(24-32-30)29-20-22-31(34-33-29)36-25-27(4)18-14-11-13-17-26(3)16-12-8-6-2/h19-22,24,26-28,30H,5-18,23,25H2,1-4H3. The Kier molecular flexibility index (Phi) is 16.9. The molecule has 4 unspecified atom stereocenters. The maximum Gasteiger partial charge on any atom is 0.166 e. The van der Waals surface area contributed by atoms with Crippen LogP contribution in [0, 0.1) is 11.8 Å². The molecule has 0 fully saturated rings. The number of ether oxygens (including phenoxy) is 1. The molecule has 1 aliphatic rings. The summed E-state index contributed by atoms with van der Waals surface area (Å²) in [6.07, 6.45) is 24.8. The van der Waals surface area contributed by atoms with Gasteiger partial charge in [0.1, 0.15) is 9.52 Å². The van der Waals surface area contributed by atoms with Crippen molar-refractivity contribution in [2.24, 2.45) is 16.8 Å². The molecule has 2 heterocycles. The molecule has 2 rings (SSSR count). The molecule has 5 heteroatoms. The largest absolute Gasteiger partial charge is 0.353 e. The second kappa shape index (κ2) is 19.7. The zero-order valence-electron chi connectivity index (χ0n) is 23.8. The summed E-state index contributed by atoms with van der Waals surface area (Å²) in [5.74, 6) is 1.78. The van der Waals surface area contributed by atoms with Crippen molar-refractivity contribution >= 4 is 21.1 Å². The Morgan fingerprint density at radius 1 is 0.778 bits per heavy atom. The number of aliphatic imine (C=N–C) groups is 1. The molecule has 202 valence electrons. The first kappa shape index (κ1) is 30.9. The van der Waals surface area contributed by atoms with Crippen LogP contribution in [-0.2, 0) is 4.74 Å². The van der Waals surface area contributed by atoms with E-state index in [1.165, 1.54) is 89.5 Å². The lowest BCUT2D eigenvalue weighted by Gasteiger charge is -2.16. The number of aromatic nitrogens is 2. The minimum atomic E-state index is -0.142. The van der Waals surface area contributed by atoms with Gasteiger partial charge in [-0.1, -0.05) is 123 Å². The van der Waals surface area contributed by atoms with E-state index in [0.29, 0.717) is 0 Å². The van der Waals surface area contributed by atoms with Crippen LogP contribution in [0.2, 0.25) is 6.04 Å². The SMILES string of the molecule is CCCCCCCOC1C=CC(c2ccc([Si]CC(C)CCCCCC(C)CCCCC)nn2)C=N1. The number of hydrogen-bond acceptors (Lipinski definition) is 4. The van der Waals surface area contributed by atoms with E-state index in [4.69, 9.17) is 4.74 Å². The number of hydrogen-bond donors (Lipinski definition) is 0. The highest BCUT2D eigenvalue weighted by Crippen LogP contribution is 2.20. The van der Waals surface area contributed by atoms with Gasteiger partial charge < -0.3 is 4.74 Å². The molecule has 0 spiro atoms. The Hall–Kier alpha value is -1.33. The van der Waals surface area contributed by atoms with E-state index in [2.05, 4.69) is 67.2 Å². The van der Waals surface area contributed by atoms with Gasteiger partial charge in [0.2, 0.25) is 0 Å². The van der Waals surface area contributed by atoms with Crippen LogP contribution in [0.5, 0.6) is 0 Å². The highest BCUT2D eigenvalue weighted by Gasteiger charge is 2.15. The van der Waals surface area contributed by atoms with Crippen molar-refractivity contribution in [3.8, 4) is 0 Å². The summed E-state index contributed by atoms with van der Waals surface area (Å²) in [5, 5.41) is 10.2. The zero-order valence-corrected chi connectivity index (χ0v) is 24.8. The van der Waals surface area contributed by atoms with Gasteiger partial charge in [-0.25, -0.2) is 0 Å². The molecule has 0 aromatic carbocycles. The minimum Gasteiger partial charge on any atom is -0.353 e. The van der Waals surface area contributed by atoms with Crippen LogP contribution < -0.4 is 5.32 Å². The summed E-state index contributed by atoms with van der Waals surface area (Å²) in [6, 6.07) is 5.51. The third-order valence-corrected chi connectivity index (χ3v) is 8.80. The van der Waals surface area contributed by atoms with Crippen LogP contribution in [0.1, 0.15) is 129 Å². The smallest absolute Gasteiger partial charge is 0.166 e. The first-order valence-corrected chi connectivity index (χ1v) is 16.2. The van der Waals surface area contributed by atoms with Gasteiger partial charge in [-0.05, 0) is 36.5 Å². The number of unbranched alkanes of at least 4 members (excludes halogenated alkanes) is 8. The summed E-state index contributed by atoms with van der Waals surface area (Å²) in [4.78, 5) is 4.57. The topological polar surface area (TPSA) is 47.4 Å². The summed E-state index contributed by atoms with van der Waals surface area (Å²) in [6.45, 7) is 10.2. The average molecular weight is 512 g/mol. The maximum atomic E-state index is 5.87. The van der Waals surface area contributed by atoms with E-state index in [-0.39, 0.29) is 12.1 Å². The fourth-order valence-corrected chi connectivity index (χ4v) is 5.80. The lowest BCUT2D eigenvalue weighted by molar-refractivity contribution is 0.0870. The van der Waals surface area contributed by atoms with E-state index in [0.717, 1.165) is 45.4 Å². The monoisotopic (exact) mass is 511 g/mol. The van der Waals surface area contributed by atoms with Crippen molar-refractivity contribution in [1.29, 1.82) is 0 Å². The molecule has 36 heavy (non-hydrogen) atoms. The van der Waals surface area contributed by atoms with E-state index in [1.54, 1.807) is 0 Å². The predicted molar refractivity (Wildman–Crippen MR) is 157 cm³/mol. The summed E-state index contributed by atoms with van der Waals surface area (Å²) >= 11 is 0. The second-order valence-corrected chi connectivity index (χ2v) is 12.2. The fourth-order valence-electron chi connectivity index (χ4n) is 4.72. The van der Waals surface area contributed by atoms with Gasteiger partial charge in [0.25, 0.3) is 0 Å². The summed E-state index contributed by atoms with van der Waals surface area (Å²) in [7, 11) is 0.748. The zero-order chi connectivity index (χ0) is 25.8. The molecule has 1 aromatic heterocycles. The van der Waals surface area contributed by atoms with E-state index < -0.39 is 0 Å². The van der Waals surface area contributed by atoms with Crippen molar-refractivity contribution in [3.05, 3.63) is 30.0 Å². The Morgan fingerprint density at radius 3 is 2.11 bits per heavy atom. The Labute approximate surface area is 225 Å². The van der Waals surface area contributed by atoms with Gasteiger partial charge in [-0.2, -0.15) is 10.2 Å². The maximum absolute atomic E-state index is 5.87. The summed E-state index contributed by atoms with van der Waals surface area (Å²) in [5.41, 5.74) is 0.971. The quantitative estimate of drug-likeness (QED) is 0.0952. The lowest BCUT2D eigenvalue weighted by Crippen LogP contribution is -2.22. The molecule has 0 saturated heterocycles. The van der Waals surface area contributed by atoms with Gasteiger partial charge in [0.15, 0.2) is 6.23 Å². The van der Waals surface area contributed by atoms with Gasteiger partial charge >= 0.3 is 0 Å². The molecule has 0 amide bonds. The molecule has 0 N–H and O–H groups in total. The average Bonchev–Trinajstić information content (AvgIpc) is 2.90. The number of dihydropyridines is 1. The van der Waals surface area contributed by atoms with Crippen molar-refractivity contribution in [3.63, 3.8) is 0 Å². The third-order valence-electron chi connectivity index (χ3n) is 7.27. The highest BCUT2D eigenvalue weighted by molar-refractivity contribution is 6.52. The van der Waals surface area contributed by atoms with Crippen molar-refractivity contribution < 1.29 is 4.74 Å². The molecule has 2 radical (unpaired) electrons. The third kappa shape index (κ3) is 13.8. The van der Waals surface area contributed by atoms with Crippen LogP contribution in [0.25, 0.3) is 0 Å². The molecule has 0 aliphatic carbocycles. The van der Waals surface area contributed by atoms with Gasteiger partial charge in [-0.15, -0.1) is 0 Å². The van der Waals surface area contributed by atoms with E-state index in [1.807, 2.05) is 6.21 Å².